The Balaban J connectivity index is 1.99. The topological polar surface area (TPSA) is 80.5 Å². The van der Waals surface area contributed by atoms with E-state index < -0.39 is 11.5 Å². The highest BCUT2D eigenvalue weighted by Gasteiger charge is 2.37. The van der Waals surface area contributed by atoms with E-state index in [-0.39, 0.29) is 17.5 Å². The minimum atomic E-state index is -0.717. The molecule has 2 amide bonds. The maximum atomic E-state index is 12.2. The third kappa shape index (κ3) is 2.67. The molecule has 6 heteroatoms. The second-order valence-corrected chi connectivity index (χ2v) is 5.18. The van der Waals surface area contributed by atoms with Gasteiger partial charge in [-0.25, -0.2) is 9.69 Å². The van der Waals surface area contributed by atoms with Crippen molar-refractivity contribution in [3.05, 3.63) is 47.1 Å². The molecule has 0 bridgehead atoms. The summed E-state index contributed by atoms with van der Waals surface area (Å²) < 4.78 is 5.23. The molecule has 3 rings (SSSR count). The lowest BCUT2D eigenvalue weighted by Crippen LogP contribution is -2.39. The van der Waals surface area contributed by atoms with Gasteiger partial charge < -0.3 is 4.42 Å². The van der Waals surface area contributed by atoms with Gasteiger partial charge in [0.25, 0.3) is 0 Å². The number of aromatic nitrogens is 1. The Morgan fingerprint density at radius 2 is 2.05 bits per heavy atom. The lowest BCUT2D eigenvalue weighted by atomic mass is 10.2. The van der Waals surface area contributed by atoms with Crippen LogP contribution in [0, 0.1) is 5.92 Å². The molecule has 0 atom stereocenters. The second kappa shape index (κ2) is 5.55. The zero-order chi connectivity index (χ0) is 15.7. The van der Waals surface area contributed by atoms with Crippen LogP contribution < -0.4 is 10.5 Å². The van der Waals surface area contributed by atoms with E-state index in [9.17, 15) is 14.4 Å². The molecule has 22 heavy (non-hydrogen) atoms. The lowest BCUT2D eigenvalue weighted by molar-refractivity contribution is -0.126. The molecule has 2 heterocycles. The van der Waals surface area contributed by atoms with Gasteiger partial charge in [0.05, 0.1) is 0 Å². The van der Waals surface area contributed by atoms with Gasteiger partial charge in [-0.2, -0.15) is 0 Å². The van der Waals surface area contributed by atoms with Crippen molar-refractivity contribution >= 4 is 17.5 Å². The molecule has 0 radical (unpaired) electrons. The Labute approximate surface area is 126 Å². The van der Waals surface area contributed by atoms with Crippen LogP contribution in [0.1, 0.15) is 19.8 Å². The highest BCUT2D eigenvalue weighted by molar-refractivity contribution is 6.15. The number of nitrogens with zero attached hydrogens (tertiary/aromatic N) is 2. The van der Waals surface area contributed by atoms with Gasteiger partial charge in [0.1, 0.15) is 11.4 Å². The SMILES string of the molecule is CC(=O)N(C(=O)C1CC1)c1ccc(-c2cccnc2)oc1=O. The quantitative estimate of drug-likeness (QED) is 0.865. The summed E-state index contributed by atoms with van der Waals surface area (Å²) in [7, 11) is 0. The lowest BCUT2D eigenvalue weighted by Gasteiger charge is -2.17. The van der Waals surface area contributed by atoms with Crippen LogP contribution >= 0.6 is 0 Å². The van der Waals surface area contributed by atoms with Crippen molar-refractivity contribution < 1.29 is 14.0 Å². The highest BCUT2D eigenvalue weighted by atomic mass is 16.4. The summed E-state index contributed by atoms with van der Waals surface area (Å²) >= 11 is 0. The molecular weight excluding hydrogens is 284 g/mol. The monoisotopic (exact) mass is 298 g/mol. The molecule has 1 fully saturated rings. The van der Waals surface area contributed by atoms with Crippen molar-refractivity contribution in [1.29, 1.82) is 0 Å². The zero-order valence-corrected chi connectivity index (χ0v) is 12.0. The van der Waals surface area contributed by atoms with Gasteiger partial charge in [0.2, 0.25) is 11.8 Å². The summed E-state index contributed by atoms with van der Waals surface area (Å²) in [5.74, 6) is -0.655. The van der Waals surface area contributed by atoms with Crippen LogP contribution in [0.5, 0.6) is 0 Å². The van der Waals surface area contributed by atoms with Crippen molar-refractivity contribution in [2.75, 3.05) is 4.90 Å². The first kappa shape index (κ1) is 14.2. The summed E-state index contributed by atoms with van der Waals surface area (Å²) in [6, 6.07) is 6.48. The molecule has 2 aromatic heterocycles. The number of rotatable bonds is 3. The van der Waals surface area contributed by atoms with Gasteiger partial charge in [-0.05, 0) is 37.1 Å². The summed E-state index contributed by atoms with van der Waals surface area (Å²) in [6.07, 6.45) is 4.68. The first-order valence-electron chi connectivity index (χ1n) is 6.97. The van der Waals surface area contributed by atoms with Gasteiger partial charge >= 0.3 is 5.63 Å². The maximum Gasteiger partial charge on any atom is 0.360 e. The van der Waals surface area contributed by atoms with Crippen LogP contribution in [0.25, 0.3) is 11.3 Å². The smallest absolute Gasteiger partial charge is 0.360 e. The number of hydrogen-bond donors (Lipinski definition) is 0. The fraction of sp³-hybridized carbons (Fsp3) is 0.250. The molecule has 0 saturated heterocycles. The molecule has 1 aliphatic carbocycles. The molecular formula is C16H14N2O4. The first-order chi connectivity index (χ1) is 10.6. The predicted molar refractivity (Wildman–Crippen MR) is 79.1 cm³/mol. The van der Waals surface area contributed by atoms with E-state index in [1.165, 1.54) is 13.0 Å². The fourth-order valence-electron chi connectivity index (χ4n) is 2.19. The molecule has 1 saturated carbocycles. The van der Waals surface area contributed by atoms with Crippen LogP contribution in [0.2, 0.25) is 0 Å². The number of pyridine rings is 1. The summed E-state index contributed by atoms with van der Waals surface area (Å²) in [5.41, 5.74) is -0.114. The van der Waals surface area contributed by atoms with E-state index in [0.29, 0.717) is 11.3 Å². The van der Waals surface area contributed by atoms with Crippen molar-refractivity contribution in [2.45, 2.75) is 19.8 Å². The molecule has 0 spiro atoms. The van der Waals surface area contributed by atoms with E-state index >= 15 is 0 Å². The van der Waals surface area contributed by atoms with Gasteiger partial charge in [-0.1, -0.05) is 0 Å². The minimum absolute atomic E-state index is 0.0444. The largest absolute Gasteiger partial charge is 0.421 e. The van der Waals surface area contributed by atoms with Crippen molar-refractivity contribution in [3.8, 4) is 11.3 Å². The Morgan fingerprint density at radius 1 is 1.27 bits per heavy atom. The fourth-order valence-corrected chi connectivity index (χ4v) is 2.19. The Hall–Kier alpha value is -2.76. The third-order valence-electron chi connectivity index (χ3n) is 3.45. The third-order valence-corrected chi connectivity index (χ3v) is 3.45. The van der Waals surface area contributed by atoms with E-state index in [2.05, 4.69) is 4.98 Å². The minimum Gasteiger partial charge on any atom is -0.421 e. The predicted octanol–water partition coefficient (Wildman–Crippen LogP) is 1.99. The van der Waals surface area contributed by atoms with Crippen LogP contribution in [0.3, 0.4) is 0 Å². The highest BCUT2D eigenvalue weighted by Crippen LogP contribution is 2.32. The molecule has 0 aromatic carbocycles. The van der Waals surface area contributed by atoms with E-state index in [1.807, 2.05) is 0 Å². The van der Waals surface area contributed by atoms with Crippen molar-refractivity contribution in [1.82, 2.24) is 4.98 Å². The second-order valence-electron chi connectivity index (χ2n) is 5.18. The van der Waals surface area contributed by atoms with Gasteiger partial charge in [0.15, 0.2) is 0 Å². The molecule has 0 aliphatic heterocycles. The molecule has 112 valence electrons. The molecule has 0 N–H and O–H groups in total. The van der Waals surface area contributed by atoms with Crippen LogP contribution in [-0.4, -0.2) is 16.8 Å². The molecule has 2 aromatic rings. The number of anilines is 1. The average Bonchev–Trinajstić information content (AvgIpc) is 3.34. The first-order valence-corrected chi connectivity index (χ1v) is 6.97. The number of imide groups is 1. The molecule has 0 unspecified atom stereocenters. The van der Waals surface area contributed by atoms with Gasteiger partial charge in [-0.15, -0.1) is 0 Å². The number of amides is 2. The van der Waals surface area contributed by atoms with Gasteiger partial charge in [-0.3, -0.25) is 14.6 Å². The Bertz CT molecular complexity index is 778. The average molecular weight is 298 g/mol. The Morgan fingerprint density at radius 3 is 2.59 bits per heavy atom. The summed E-state index contributed by atoms with van der Waals surface area (Å²) in [6.45, 7) is 1.26. The van der Waals surface area contributed by atoms with Crippen molar-refractivity contribution in [2.24, 2.45) is 5.92 Å². The zero-order valence-electron chi connectivity index (χ0n) is 12.0. The van der Waals surface area contributed by atoms with Crippen LogP contribution in [0.4, 0.5) is 5.69 Å². The van der Waals surface area contributed by atoms with E-state index in [4.69, 9.17) is 4.42 Å². The standard InChI is InChI=1S/C16H14N2O4/c1-10(19)18(15(20)11-4-5-11)13-6-7-14(22-16(13)21)12-3-2-8-17-9-12/h2-3,6-9,11H,4-5H2,1H3. The summed E-state index contributed by atoms with van der Waals surface area (Å²) in [4.78, 5) is 41.0. The number of carbonyl (C=O) groups is 2. The Kier molecular flexibility index (Phi) is 3.58. The maximum absolute atomic E-state index is 12.2. The summed E-state index contributed by atoms with van der Waals surface area (Å²) in [5, 5.41) is 0. The van der Waals surface area contributed by atoms with Crippen LogP contribution in [-0.2, 0) is 9.59 Å². The van der Waals surface area contributed by atoms with Crippen LogP contribution in [0.15, 0.2) is 45.9 Å². The number of carbonyl (C=O) groups excluding carboxylic acids is 2. The molecule has 6 nitrogen and oxygen atoms in total. The normalized spacial score (nSPS) is 13.7. The van der Waals surface area contributed by atoms with Crippen molar-refractivity contribution in [3.63, 3.8) is 0 Å². The number of hydrogen-bond acceptors (Lipinski definition) is 5. The van der Waals surface area contributed by atoms with E-state index in [0.717, 1.165) is 17.7 Å². The molecule has 1 aliphatic rings. The van der Waals surface area contributed by atoms with Gasteiger partial charge in [0, 0.05) is 30.8 Å². The van der Waals surface area contributed by atoms with E-state index in [1.54, 1.807) is 30.6 Å².